The van der Waals surface area contributed by atoms with Crippen LogP contribution in [0.5, 0.6) is 0 Å². The number of carbonyl (C=O) groups excluding carboxylic acids is 2. The van der Waals surface area contributed by atoms with E-state index in [1.165, 1.54) is 48.8 Å². The monoisotopic (exact) mass is 680 g/mol. The Morgan fingerprint density at radius 1 is 0.580 bits per heavy atom. The van der Waals surface area contributed by atoms with Gasteiger partial charge in [-0.2, -0.15) is 0 Å². The maximum absolute atomic E-state index is 14.3. The molecule has 0 unspecified atom stereocenters. The molecule has 1 saturated heterocycles. The van der Waals surface area contributed by atoms with Gasteiger partial charge in [0.15, 0.2) is 0 Å². The van der Waals surface area contributed by atoms with E-state index >= 15 is 0 Å². The van der Waals surface area contributed by atoms with Gasteiger partial charge in [0.2, 0.25) is 0 Å². The van der Waals surface area contributed by atoms with Crippen LogP contribution in [0.4, 0.5) is 51.7 Å². The van der Waals surface area contributed by atoms with Crippen molar-refractivity contribution in [2.75, 3.05) is 57.2 Å². The van der Waals surface area contributed by atoms with Gasteiger partial charge >= 0.3 is 0 Å². The zero-order valence-corrected chi connectivity index (χ0v) is 26.7. The Morgan fingerprint density at radius 2 is 1.04 bits per heavy atom. The Balaban J connectivity index is 0.000000157. The Bertz CT molecular complexity index is 1950. The minimum Gasteiger partial charge on any atom is -0.369 e. The van der Waals surface area contributed by atoms with E-state index in [0.717, 1.165) is 25.9 Å². The average Bonchev–Trinajstić information content (AvgIpc) is 3.91. The first-order valence-corrected chi connectivity index (χ1v) is 16.1. The lowest BCUT2D eigenvalue weighted by molar-refractivity contribution is -0.111. The molecule has 0 aromatic heterocycles. The quantitative estimate of drug-likeness (QED) is 0.0948. The summed E-state index contributed by atoms with van der Waals surface area (Å²) in [5, 5.41) is 11.1. The van der Waals surface area contributed by atoms with Crippen molar-refractivity contribution >= 4 is 57.1 Å². The van der Waals surface area contributed by atoms with Crippen LogP contribution in [0.25, 0.3) is 11.1 Å². The van der Waals surface area contributed by atoms with E-state index in [9.17, 15) is 27.2 Å². The SMILES string of the molecule is O=C1Nc2cc(F)ccc2/C1=C\Nc1ccc(N2CC=CC2)c(F)c1.O=C1Nc2cc(F)ccc2/C1=C\Nc1ccc(N2CCCC2)c(F)c1. The predicted molar refractivity (Wildman–Crippen MR) is 189 cm³/mol. The fourth-order valence-corrected chi connectivity index (χ4v) is 6.27. The molecule has 0 radical (unpaired) electrons. The Hall–Kier alpha value is -6.04. The van der Waals surface area contributed by atoms with Crippen molar-refractivity contribution in [3.05, 3.63) is 132 Å². The van der Waals surface area contributed by atoms with E-state index in [4.69, 9.17) is 0 Å². The van der Waals surface area contributed by atoms with Gasteiger partial charge in [-0.3, -0.25) is 9.59 Å². The third kappa shape index (κ3) is 6.77. The fourth-order valence-electron chi connectivity index (χ4n) is 6.27. The van der Waals surface area contributed by atoms with Crippen molar-refractivity contribution in [1.29, 1.82) is 0 Å². The molecule has 0 spiro atoms. The number of nitrogens with one attached hydrogen (secondary N) is 4. The molecule has 0 bridgehead atoms. The maximum atomic E-state index is 14.3. The van der Waals surface area contributed by atoms with Crippen molar-refractivity contribution in [2.24, 2.45) is 0 Å². The van der Waals surface area contributed by atoms with Crippen molar-refractivity contribution in [3.8, 4) is 0 Å². The summed E-state index contributed by atoms with van der Waals surface area (Å²) in [6.45, 7) is 3.14. The number of hydrogen-bond donors (Lipinski definition) is 4. The average molecular weight is 681 g/mol. The van der Waals surface area contributed by atoms with Crippen LogP contribution < -0.4 is 31.1 Å². The fraction of sp³-hybridized carbons (Fsp3) is 0.158. The van der Waals surface area contributed by atoms with E-state index < -0.39 is 11.6 Å². The molecular weight excluding hydrogens is 648 g/mol. The van der Waals surface area contributed by atoms with E-state index in [-0.39, 0.29) is 23.4 Å². The van der Waals surface area contributed by atoms with Gasteiger partial charge in [0.1, 0.15) is 23.3 Å². The van der Waals surface area contributed by atoms with Crippen LogP contribution in [0, 0.1) is 23.3 Å². The van der Waals surface area contributed by atoms with Gasteiger partial charge in [0, 0.05) is 61.1 Å². The molecular formula is C38H32F4N6O2. The standard InChI is InChI=1S/C19H17F2N3O.C19H15F2N3O/c2*20-12-3-5-14-15(19(25)23-17(14)9-12)11-22-13-4-6-18(16(21)10-13)24-7-1-2-8-24/h3-6,9-11,22H,1-2,7-8H2,(H,23,25);1-6,9-11,22H,7-8H2,(H,23,25)/b2*15-11+. The molecule has 0 atom stereocenters. The molecule has 8 rings (SSSR count). The lowest BCUT2D eigenvalue weighted by atomic mass is 10.1. The van der Waals surface area contributed by atoms with Gasteiger partial charge in [-0.05, 0) is 85.6 Å². The second-order valence-electron chi connectivity index (χ2n) is 12.1. The predicted octanol–water partition coefficient (Wildman–Crippen LogP) is 7.72. The van der Waals surface area contributed by atoms with Crippen LogP contribution in [0.15, 0.2) is 97.3 Å². The molecule has 254 valence electrons. The molecule has 4 N–H and O–H groups in total. The molecule has 4 aromatic carbocycles. The summed E-state index contributed by atoms with van der Waals surface area (Å²) in [4.78, 5) is 28.0. The maximum Gasteiger partial charge on any atom is 0.257 e. The summed E-state index contributed by atoms with van der Waals surface area (Å²) < 4.78 is 55.1. The number of halogens is 4. The van der Waals surface area contributed by atoms with Crippen molar-refractivity contribution in [2.45, 2.75) is 12.8 Å². The molecule has 4 aliphatic rings. The molecule has 8 nitrogen and oxygen atoms in total. The van der Waals surface area contributed by atoms with Gasteiger partial charge in [-0.15, -0.1) is 0 Å². The van der Waals surface area contributed by atoms with Gasteiger partial charge in [0.05, 0.1) is 33.9 Å². The van der Waals surface area contributed by atoms with Crippen LogP contribution in [0.3, 0.4) is 0 Å². The minimum absolute atomic E-state index is 0.288. The molecule has 4 heterocycles. The Kier molecular flexibility index (Phi) is 8.99. The number of anilines is 6. The largest absolute Gasteiger partial charge is 0.369 e. The highest BCUT2D eigenvalue weighted by Crippen LogP contribution is 2.34. The van der Waals surface area contributed by atoms with E-state index in [1.54, 1.807) is 36.4 Å². The second kappa shape index (κ2) is 13.8. The first-order valence-electron chi connectivity index (χ1n) is 16.1. The zero-order chi connectivity index (χ0) is 34.8. The van der Waals surface area contributed by atoms with Gasteiger partial charge in [-0.1, -0.05) is 12.2 Å². The van der Waals surface area contributed by atoms with E-state index in [1.807, 2.05) is 22.0 Å². The molecule has 2 amide bonds. The highest BCUT2D eigenvalue weighted by atomic mass is 19.1. The number of fused-ring (bicyclic) bond motifs is 2. The van der Waals surface area contributed by atoms with Crippen LogP contribution in [0.1, 0.15) is 24.0 Å². The summed E-state index contributed by atoms with van der Waals surface area (Å²) in [7, 11) is 0. The van der Waals surface area contributed by atoms with Crippen LogP contribution in [-0.4, -0.2) is 38.0 Å². The number of nitrogens with zero attached hydrogens (tertiary/aromatic N) is 2. The molecule has 1 fully saturated rings. The number of benzene rings is 4. The van der Waals surface area contributed by atoms with Crippen LogP contribution >= 0.6 is 0 Å². The normalized spacial score (nSPS) is 17.4. The van der Waals surface area contributed by atoms with Crippen molar-refractivity contribution in [3.63, 3.8) is 0 Å². The molecule has 50 heavy (non-hydrogen) atoms. The smallest absolute Gasteiger partial charge is 0.257 e. The number of amides is 2. The lowest BCUT2D eigenvalue weighted by Gasteiger charge is -2.18. The minimum atomic E-state index is -0.415. The summed E-state index contributed by atoms with van der Waals surface area (Å²) in [6, 6.07) is 18.0. The van der Waals surface area contributed by atoms with Crippen molar-refractivity contribution in [1.82, 2.24) is 0 Å². The molecule has 4 aromatic rings. The highest BCUT2D eigenvalue weighted by Gasteiger charge is 2.26. The zero-order valence-electron chi connectivity index (χ0n) is 26.7. The molecule has 12 heteroatoms. The number of rotatable bonds is 6. The third-order valence-corrected chi connectivity index (χ3v) is 8.80. The summed E-state index contributed by atoms with van der Waals surface area (Å²) in [5.41, 5.74) is 5.10. The Labute approximate surface area is 285 Å². The van der Waals surface area contributed by atoms with Crippen LogP contribution in [0.2, 0.25) is 0 Å². The highest BCUT2D eigenvalue weighted by molar-refractivity contribution is 6.32. The van der Waals surface area contributed by atoms with Gasteiger partial charge < -0.3 is 31.1 Å². The summed E-state index contributed by atoms with van der Waals surface area (Å²) in [5.74, 6) is -2.08. The Morgan fingerprint density at radius 3 is 1.50 bits per heavy atom. The van der Waals surface area contributed by atoms with Crippen molar-refractivity contribution < 1.29 is 27.2 Å². The number of hydrogen-bond acceptors (Lipinski definition) is 6. The molecule has 4 aliphatic heterocycles. The topological polar surface area (TPSA) is 88.7 Å². The third-order valence-electron chi connectivity index (χ3n) is 8.80. The van der Waals surface area contributed by atoms with Gasteiger partial charge in [-0.25, -0.2) is 17.6 Å². The first-order chi connectivity index (χ1) is 24.2. The van der Waals surface area contributed by atoms with E-state index in [0.29, 0.717) is 69.5 Å². The van der Waals surface area contributed by atoms with E-state index in [2.05, 4.69) is 21.3 Å². The van der Waals surface area contributed by atoms with Crippen LogP contribution in [-0.2, 0) is 9.59 Å². The molecule has 0 saturated carbocycles. The second-order valence-corrected chi connectivity index (χ2v) is 12.1. The summed E-state index contributed by atoms with van der Waals surface area (Å²) in [6.07, 6.45) is 9.18. The first kappa shape index (κ1) is 32.5. The van der Waals surface area contributed by atoms with Gasteiger partial charge in [0.25, 0.3) is 11.8 Å². The lowest BCUT2D eigenvalue weighted by Crippen LogP contribution is -2.19. The number of carbonyl (C=O) groups is 2. The molecule has 0 aliphatic carbocycles. The summed E-state index contributed by atoms with van der Waals surface area (Å²) >= 11 is 0.